The van der Waals surface area contributed by atoms with Crippen molar-refractivity contribution in [3.63, 3.8) is 0 Å². The second kappa shape index (κ2) is 6.63. The second-order valence-electron chi connectivity index (χ2n) is 3.28. The van der Waals surface area contributed by atoms with Gasteiger partial charge in [0.25, 0.3) is 0 Å². The number of hydrogen-bond donors (Lipinski definition) is 0. The predicted molar refractivity (Wildman–Crippen MR) is 63.9 cm³/mol. The molecule has 0 N–H and O–H groups in total. The van der Waals surface area contributed by atoms with Crippen LogP contribution in [-0.2, 0) is 16.1 Å². The summed E-state index contributed by atoms with van der Waals surface area (Å²) in [6.45, 7) is 0.937. The lowest BCUT2D eigenvalue weighted by molar-refractivity contribution is -0.111. The summed E-state index contributed by atoms with van der Waals surface area (Å²) in [7, 11) is 0. The molecule has 16 heavy (non-hydrogen) atoms. The average molecular weight is 260 g/mol. The lowest BCUT2D eigenvalue weighted by atomic mass is 10.2. The van der Waals surface area contributed by atoms with E-state index in [1.165, 1.54) is 0 Å². The van der Waals surface area contributed by atoms with Crippen molar-refractivity contribution in [3.05, 3.63) is 33.8 Å². The topological polar surface area (TPSA) is 37.4 Å². The van der Waals surface area contributed by atoms with Gasteiger partial charge in [-0.3, -0.25) is 4.90 Å². The highest BCUT2D eigenvalue weighted by molar-refractivity contribution is 6.42. The third kappa shape index (κ3) is 3.93. The van der Waals surface area contributed by atoms with Gasteiger partial charge in [0.1, 0.15) is 12.6 Å². The Bertz CT molecular complexity index is 372. The van der Waals surface area contributed by atoms with Crippen LogP contribution in [0.15, 0.2) is 18.2 Å². The van der Waals surface area contributed by atoms with Crippen LogP contribution in [-0.4, -0.2) is 30.6 Å². The molecular weight excluding hydrogens is 249 g/mol. The number of carbonyl (C=O) groups is 2. The summed E-state index contributed by atoms with van der Waals surface area (Å²) in [5, 5.41) is 0.957. The maximum atomic E-state index is 10.4. The van der Waals surface area contributed by atoms with Gasteiger partial charge in [0.05, 0.1) is 23.1 Å². The molecule has 0 heterocycles. The van der Waals surface area contributed by atoms with Crippen molar-refractivity contribution in [2.45, 2.75) is 6.54 Å². The molecule has 0 atom stereocenters. The van der Waals surface area contributed by atoms with Gasteiger partial charge in [-0.25, -0.2) is 0 Å². The van der Waals surface area contributed by atoms with E-state index < -0.39 is 0 Å². The van der Waals surface area contributed by atoms with Crippen molar-refractivity contribution in [1.82, 2.24) is 4.90 Å². The van der Waals surface area contributed by atoms with E-state index in [1.54, 1.807) is 17.0 Å². The van der Waals surface area contributed by atoms with Crippen molar-refractivity contribution in [1.29, 1.82) is 0 Å². The first-order valence-corrected chi connectivity index (χ1v) is 5.46. The molecule has 1 rings (SSSR count). The number of hydrogen-bond acceptors (Lipinski definition) is 3. The van der Waals surface area contributed by atoms with E-state index in [9.17, 15) is 9.59 Å². The van der Waals surface area contributed by atoms with Crippen LogP contribution in [0.4, 0.5) is 0 Å². The van der Waals surface area contributed by atoms with Gasteiger partial charge < -0.3 is 9.59 Å². The molecule has 0 bridgehead atoms. The zero-order valence-electron chi connectivity index (χ0n) is 8.53. The van der Waals surface area contributed by atoms with Gasteiger partial charge in [0.15, 0.2) is 0 Å². The number of carbonyl (C=O) groups excluding carboxylic acids is 2. The minimum absolute atomic E-state index is 0.221. The number of halogens is 2. The van der Waals surface area contributed by atoms with Gasteiger partial charge in [-0.1, -0.05) is 29.3 Å². The Hall–Kier alpha value is -0.900. The number of benzene rings is 1. The molecule has 0 aliphatic rings. The predicted octanol–water partition coefficient (Wildman–Crippen LogP) is 2.19. The van der Waals surface area contributed by atoms with Crippen LogP contribution >= 0.6 is 23.2 Å². The Balaban J connectivity index is 2.72. The molecule has 0 radical (unpaired) electrons. The molecule has 0 aliphatic heterocycles. The minimum Gasteiger partial charge on any atom is -0.302 e. The van der Waals surface area contributed by atoms with Crippen LogP contribution < -0.4 is 0 Å². The molecular formula is C11H11Cl2NO2. The van der Waals surface area contributed by atoms with Crippen molar-refractivity contribution >= 4 is 35.8 Å². The Kier molecular flexibility index (Phi) is 5.46. The molecule has 1 aromatic carbocycles. The number of aldehydes is 2. The van der Waals surface area contributed by atoms with E-state index in [1.807, 2.05) is 6.07 Å². The summed E-state index contributed by atoms with van der Waals surface area (Å²) >= 11 is 11.6. The molecule has 0 saturated heterocycles. The van der Waals surface area contributed by atoms with Gasteiger partial charge in [-0.15, -0.1) is 0 Å². The van der Waals surface area contributed by atoms with Gasteiger partial charge in [-0.05, 0) is 17.7 Å². The summed E-state index contributed by atoms with van der Waals surface area (Å²) in [4.78, 5) is 22.5. The third-order valence-electron chi connectivity index (χ3n) is 2.06. The van der Waals surface area contributed by atoms with Crippen molar-refractivity contribution < 1.29 is 9.59 Å². The molecule has 1 aromatic rings. The first kappa shape index (κ1) is 13.2. The summed E-state index contributed by atoms with van der Waals surface area (Å²) in [5.41, 5.74) is 0.915. The van der Waals surface area contributed by atoms with E-state index in [-0.39, 0.29) is 13.1 Å². The molecule has 0 aromatic heterocycles. The van der Waals surface area contributed by atoms with E-state index in [4.69, 9.17) is 23.2 Å². The van der Waals surface area contributed by atoms with Crippen LogP contribution in [0.25, 0.3) is 0 Å². The summed E-state index contributed by atoms with van der Waals surface area (Å²) in [6, 6.07) is 5.24. The first-order chi connectivity index (χ1) is 7.67. The number of rotatable bonds is 6. The summed E-state index contributed by atoms with van der Waals surface area (Å²) < 4.78 is 0. The van der Waals surface area contributed by atoms with Crippen molar-refractivity contribution in [2.75, 3.05) is 13.1 Å². The van der Waals surface area contributed by atoms with Crippen LogP contribution in [0, 0.1) is 0 Å². The van der Waals surface area contributed by atoms with Crippen LogP contribution in [0.5, 0.6) is 0 Å². The van der Waals surface area contributed by atoms with E-state index in [0.29, 0.717) is 16.6 Å². The maximum Gasteiger partial charge on any atom is 0.134 e. The SMILES string of the molecule is O=CCN(CC=O)Cc1ccc(Cl)c(Cl)c1. The molecule has 86 valence electrons. The summed E-state index contributed by atoms with van der Waals surface area (Å²) in [5.74, 6) is 0. The molecule has 0 spiro atoms. The fraction of sp³-hybridized carbons (Fsp3) is 0.273. The zero-order chi connectivity index (χ0) is 12.0. The lowest BCUT2D eigenvalue weighted by Crippen LogP contribution is -2.27. The molecule has 0 saturated carbocycles. The minimum atomic E-state index is 0.221. The average Bonchev–Trinajstić information content (AvgIpc) is 2.24. The van der Waals surface area contributed by atoms with Crippen molar-refractivity contribution in [3.8, 4) is 0 Å². The standard InChI is InChI=1S/C11H11Cl2NO2/c12-10-2-1-9(7-11(10)13)8-14(3-5-15)4-6-16/h1-2,5-7H,3-4,8H2. The van der Waals surface area contributed by atoms with Crippen LogP contribution in [0.2, 0.25) is 10.0 Å². The molecule has 0 aliphatic carbocycles. The molecule has 0 fully saturated rings. The second-order valence-corrected chi connectivity index (χ2v) is 4.09. The van der Waals surface area contributed by atoms with Gasteiger partial charge in [0, 0.05) is 6.54 Å². The zero-order valence-corrected chi connectivity index (χ0v) is 10.0. The Morgan fingerprint density at radius 2 is 1.69 bits per heavy atom. The highest BCUT2D eigenvalue weighted by Gasteiger charge is 2.06. The Morgan fingerprint density at radius 3 is 2.19 bits per heavy atom. The molecule has 0 unspecified atom stereocenters. The van der Waals surface area contributed by atoms with Crippen molar-refractivity contribution in [2.24, 2.45) is 0 Å². The third-order valence-corrected chi connectivity index (χ3v) is 2.79. The largest absolute Gasteiger partial charge is 0.302 e. The fourth-order valence-corrected chi connectivity index (χ4v) is 1.63. The first-order valence-electron chi connectivity index (χ1n) is 4.71. The van der Waals surface area contributed by atoms with Gasteiger partial charge >= 0.3 is 0 Å². The quantitative estimate of drug-likeness (QED) is 0.736. The highest BCUT2D eigenvalue weighted by atomic mass is 35.5. The molecule has 5 heteroatoms. The van der Waals surface area contributed by atoms with Crippen LogP contribution in [0.1, 0.15) is 5.56 Å². The highest BCUT2D eigenvalue weighted by Crippen LogP contribution is 2.23. The maximum absolute atomic E-state index is 10.4. The molecule has 3 nitrogen and oxygen atoms in total. The van der Waals surface area contributed by atoms with E-state index in [2.05, 4.69) is 0 Å². The van der Waals surface area contributed by atoms with E-state index >= 15 is 0 Å². The van der Waals surface area contributed by atoms with Gasteiger partial charge in [0.2, 0.25) is 0 Å². The monoisotopic (exact) mass is 259 g/mol. The Labute approximate surface area is 104 Å². The lowest BCUT2D eigenvalue weighted by Gasteiger charge is -2.16. The van der Waals surface area contributed by atoms with Crippen LogP contribution in [0.3, 0.4) is 0 Å². The fourth-order valence-electron chi connectivity index (χ4n) is 1.31. The molecule has 0 amide bonds. The smallest absolute Gasteiger partial charge is 0.134 e. The number of nitrogens with zero attached hydrogens (tertiary/aromatic N) is 1. The normalized spacial score (nSPS) is 10.4. The Morgan fingerprint density at radius 1 is 1.06 bits per heavy atom. The van der Waals surface area contributed by atoms with E-state index in [0.717, 1.165) is 18.1 Å². The van der Waals surface area contributed by atoms with Gasteiger partial charge in [-0.2, -0.15) is 0 Å². The summed E-state index contributed by atoms with van der Waals surface area (Å²) in [6.07, 6.45) is 1.53.